The zero-order valence-electron chi connectivity index (χ0n) is 24.9. The van der Waals surface area contributed by atoms with E-state index in [-0.39, 0.29) is 65.5 Å². The van der Waals surface area contributed by atoms with E-state index >= 15 is 0 Å². The molecule has 11 nitrogen and oxygen atoms in total. The van der Waals surface area contributed by atoms with Crippen molar-refractivity contribution in [3.63, 3.8) is 0 Å². The molecule has 1 aliphatic rings. The molecule has 0 saturated carbocycles. The van der Waals surface area contributed by atoms with E-state index in [0.29, 0.717) is 60.4 Å². The first-order valence-electron chi connectivity index (χ1n) is 14.1. The first kappa shape index (κ1) is 29.2. The summed E-state index contributed by atoms with van der Waals surface area (Å²) in [5.41, 5.74) is 1.52. The zero-order chi connectivity index (χ0) is 31.6. The maximum Gasteiger partial charge on any atom is 0.194 e. The van der Waals surface area contributed by atoms with Gasteiger partial charge in [0.1, 0.15) is 17.3 Å². The van der Waals surface area contributed by atoms with Gasteiger partial charge in [0.15, 0.2) is 22.4 Å². The molecule has 11 heteroatoms. The number of ether oxygens (including phenoxy) is 3. The summed E-state index contributed by atoms with van der Waals surface area (Å²) in [6.07, 6.45) is 1.84. The number of fused-ring (bicyclic) bond motifs is 1. The molecular formula is C33H32N2O9. The summed E-state index contributed by atoms with van der Waals surface area (Å²) in [7, 11) is 4.22. The van der Waals surface area contributed by atoms with Gasteiger partial charge in [0.25, 0.3) is 0 Å². The number of aliphatic hydroxyl groups excluding tert-OH is 2. The van der Waals surface area contributed by atoms with Gasteiger partial charge in [0.05, 0.1) is 62.6 Å². The zero-order valence-corrected chi connectivity index (χ0v) is 24.9. The Hall–Kier alpha value is -4.87. The van der Waals surface area contributed by atoms with Crippen LogP contribution in [0.1, 0.15) is 30.9 Å². The minimum atomic E-state index is -0.884. The number of ketones is 1. The molecule has 0 heterocycles. The molecule has 1 atom stereocenters. The van der Waals surface area contributed by atoms with Crippen LogP contribution in [0.3, 0.4) is 0 Å². The number of allylic oxidation sites excluding steroid dienone is 1. The second-order valence-electron chi connectivity index (χ2n) is 10.8. The Balaban J connectivity index is 2.13. The van der Waals surface area contributed by atoms with Crippen molar-refractivity contribution in [2.45, 2.75) is 19.8 Å². The standard InChI is InChI=1S/C33H32N2O9/c1-13-10-15-21-26-22(31(35-7-9-37)30(15)34-6-8-36)16(39)11-18(42-3)24(26)25-19(43-4)12-17(40)23-28(25)27(21)29(20(13)14(2)38)33(44-5)32(23)41/h10-12,20,34-37,41H,6-9H2,1-5H3. The van der Waals surface area contributed by atoms with E-state index in [1.807, 2.05) is 6.08 Å². The lowest BCUT2D eigenvalue weighted by Crippen LogP contribution is -2.16. The number of anilines is 2. The third kappa shape index (κ3) is 3.79. The average Bonchev–Trinajstić information content (AvgIpc) is 3.13. The number of benzene rings is 5. The Morgan fingerprint density at radius 2 is 1.32 bits per heavy atom. The normalized spacial score (nSPS) is 14.4. The monoisotopic (exact) mass is 600 g/mol. The van der Waals surface area contributed by atoms with Crippen LogP contribution in [-0.4, -0.2) is 68.7 Å². The van der Waals surface area contributed by atoms with Crippen LogP contribution in [0.5, 0.6) is 23.0 Å². The Bertz CT molecular complexity index is 2160. The minimum absolute atomic E-state index is 0.0179. The molecule has 44 heavy (non-hydrogen) atoms. The number of methoxy groups -OCH3 is 3. The number of carbonyl (C=O) groups is 1. The second kappa shape index (κ2) is 10.7. The van der Waals surface area contributed by atoms with Crippen molar-refractivity contribution >= 4 is 66.3 Å². The Labute approximate surface area is 250 Å². The van der Waals surface area contributed by atoms with Crippen LogP contribution < -0.4 is 35.7 Å². The molecule has 0 aromatic heterocycles. The molecule has 0 radical (unpaired) electrons. The van der Waals surface area contributed by atoms with Crippen LogP contribution in [0.15, 0.2) is 27.3 Å². The Morgan fingerprint density at radius 3 is 1.84 bits per heavy atom. The van der Waals surface area contributed by atoms with Crippen LogP contribution in [0.25, 0.3) is 49.2 Å². The Kier molecular flexibility index (Phi) is 7.10. The summed E-state index contributed by atoms with van der Waals surface area (Å²) in [6.45, 7) is 3.04. The third-order valence-electron chi connectivity index (χ3n) is 8.51. The number of hydrogen-bond acceptors (Lipinski definition) is 11. The number of nitrogens with one attached hydrogen (secondary N) is 2. The molecule has 0 saturated heterocycles. The highest BCUT2D eigenvalue weighted by atomic mass is 16.5. The number of carbonyl (C=O) groups excluding carboxylic acids is 1. The molecular weight excluding hydrogens is 568 g/mol. The maximum atomic E-state index is 14.0. The van der Waals surface area contributed by atoms with Crippen molar-refractivity contribution in [3.8, 4) is 23.0 Å². The summed E-state index contributed by atoms with van der Waals surface area (Å²) in [5, 5.41) is 40.6. The molecule has 0 aliphatic heterocycles. The maximum absolute atomic E-state index is 14.0. The van der Waals surface area contributed by atoms with Gasteiger partial charge in [-0.1, -0.05) is 11.6 Å². The van der Waals surface area contributed by atoms with Gasteiger partial charge < -0.3 is 40.2 Å². The van der Waals surface area contributed by atoms with Gasteiger partial charge in [0.2, 0.25) is 0 Å². The van der Waals surface area contributed by atoms with Crippen molar-refractivity contribution in [2.75, 3.05) is 58.3 Å². The summed E-state index contributed by atoms with van der Waals surface area (Å²) >= 11 is 0. The second-order valence-corrected chi connectivity index (χ2v) is 10.8. The number of phenols is 1. The summed E-state index contributed by atoms with van der Waals surface area (Å²) < 4.78 is 17.3. The van der Waals surface area contributed by atoms with E-state index in [4.69, 9.17) is 14.2 Å². The van der Waals surface area contributed by atoms with Crippen molar-refractivity contribution in [1.82, 2.24) is 0 Å². The molecule has 1 unspecified atom stereocenters. The van der Waals surface area contributed by atoms with E-state index in [1.54, 1.807) is 6.92 Å². The predicted molar refractivity (Wildman–Crippen MR) is 171 cm³/mol. The topological polar surface area (TPSA) is 164 Å². The van der Waals surface area contributed by atoms with Crippen LogP contribution in [0.4, 0.5) is 11.4 Å². The average molecular weight is 601 g/mol. The molecule has 0 fully saturated rings. The van der Waals surface area contributed by atoms with Crippen molar-refractivity contribution < 1.29 is 34.3 Å². The van der Waals surface area contributed by atoms with Gasteiger partial charge >= 0.3 is 0 Å². The first-order chi connectivity index (χ1) is 21.2. The van der Waals surface area contributed by atoms with Gasteiger partial charge in [-0.2, -0.15) is 0 Å². The number of Topliss-reactive ketones (excluding diaryl/α,β-unsaturated/α-hetero) is 1. The largest absolute Gasteiger partial charge is 0.504 e. The van der Waals surface area contributed by atoms with Gasteiger partial charge in [-0.05, 0) is 19.2 Å². The lowest BCUT2D eigenvalue weighted by molar-refractivity contribution is -0.117. The van der Waals surface area contributed by atoms with Crippen LogP contribution in [-0.2, 0) is 4.79 Å². The highest BCUT2D eigenvalue weighted by Crippen LogP contribution is 2.58. The minimum Gasteiger partial charge on any atom is -0.504 e. The Morgan fingerprint density at radius 1 is 0.773 bits per heavy atom. The van der Waals surface area contributed by atoms with E-state index < -0.39 is 17.1 Å². The molecule has 5 aromatic rings. The predicted octanol–water partition coefficient (Wildman–Crippen LogP) is 3.52. The fraction of sp³-hybridized carbons (Fsp3) is 0.303. The van der Waals surface area contributed by atoms with Crippen LogP contribution >= 0.6 is 0 Å². The molecule has 0 spiro atoms. The van der Waals surface area contributed by atoms with E-state index in [1.165, 1.54) is 40.4 Å². The summed E-state index contributed by atoms with van der Waals surface area (Å²) in [5.74, 6) is -1.12. The smallest absolute Gasteiger partial charge is 0.194 e. The van der Waals surface area contributed by atoms with Crippen molar-refractivity contribution in [1.29, 1.82) is 0 Å². The molecule has 5 N–H and O–H groups in total. The molecule has 228 valence electrons. The van der Waals surface area contributed by atoms with Gasteiger partial charge in [-0.3, -0.25) is 14.4 Å². The SMILES string of the molecule is COc1c(O)c2c(=O)cc(OC)c3c4c(OC)cc(=O)c5c(NCCO)c(NCCO)c6c(c(c1C(C(C)=O)C(C)=C6)c23)c54. The van der Waals surface area contributed by atoms with E-state index in [2.05, 4.69) is 10.6 Å². The number of rotatable bonds is 10. The van der Waals surface area contributed by atoms with Gasteiger partial charge in [-0.25, -0.2) is 0 Å². The lowest BCUT2D eigenvalue weighted by Gasteiger charge is -2.26. The molecule has 6 rings (SSSR count). The third-order valence-corrected chi connectivity index (χ3v) is 8.51. The molecule has 0 bridgehead atoms. The fourth-order valence-corrected chi connectivity index (χ4v) is 7.01. The van der Waals surface area contributed by atoms with Crippen LogP contribution in [0, 0.1) is 0 Å². The first-order valence-corrected chi connectivity index (χ1v) is 14.1. The number of aromatic hydroxyl groups is 1. The highest BCUT2D eigenvalue weighted by molar-refractivity contribution is 6.40. The summed E-state index contributed by atoms with van der Waals surface area (Å²) in [4.78, 5) is 41.2. The van der Waals surface area contributed by atoms with E-state index in [0.717, 1.165) is 0 Å². The highest BCUT2D eigenvalue weighted by Gasteiger charge is 2.37. The number of aliphatic hydroxyl groups is 2. The van der Waals surface area contributed by atoms with E-state index in [9.17, 15) is 29.7 Å². The van der Waals surface area contributed by atoms with Gasteiger partial charge in [0, 0.05) is 63.3 Å². The van der Waals surface area contributed by atoms with Crippen molar-refractivity contribution in [3.05, 3.63) is 49.3 Å². The lowest BCUT2D eigenvalue weighted by atomic mass is 9.80. The number of phenolic OH excluding ortho intramolecular Hbond substituents is 1. The quantitative estimate of drug-likeness (QED) is 0.118. The summed E-state index contributed by atoms with van der Waals surface area (Å²) in [6, 6.07) is 2.63. The fourth-order valence-electron chi connectivity index (χ4n) is 7.01. The van der Waals surface area contributed by atoms with Crippen molar-refractivity contribution in [2.24, 2.45) is 0 Å². The van der Waals surface area contributed by atoms with Crippen LogP contribution in [0.2, 0.25) is 0 Å². The number of hydrogen-bond donors (Lipinski definition) is 5. The van der Waals surface area contributed by atoms with Gasteiger partial charge in [-0.15, -0.1) is 0 Å². The molecule has 0 amide bonds. The molecule has 1 aliphatic carbocycles. The molecule has 5 aromatic carbocycles.